The lowest BCUT2D eigenvalue weighted by atomic mass is 9.97. The van der Waals surface area contributed by atoms with Gasteiger partial charge in [0.1, 0.15) is 17.7 Å². The van der Waals surface area contributed by atoms with Crippen LogP contribution >= 0.6 is 15.9 Å². The van der Waals surface area contributed by atoms with E-state index in [9.17, 15) is 13.9 Å². The summed E-state index contributed by atoms with van der Waals surface area (Å²) in [5, 5.41) is 10.2. The van der Waals surface area contributed by atoms with Crippen LogP contribution < -0.4 is 5.73 Å². The van der Waals surface area contributed by atoms with Gasteiger partial charge in [0.15, 0.2) is 0 Å². The lowest BCUT2D eigenvalue weighted by Crippen LogP contribution is -2.09. The Bertz CT molecular complexity index is 631. The highest BCUT2D eigenvalue weighted by molar-refractivity contribution is 9.10. The largest absolute Gasteiger partial charge is 0.398 e. The lowest BCUT2D eigenvalue weighted by Gasteiger charge is -2.16. The zero-order chi connectivity index (χ0) is 14.2. The minimum absolute atomic E-state index is 0.262. The molecular weight excluding hydrogens is 316 g/mol. The van der Waals surface area contributed by atoms with E-state index in [4.69, 9.17) is 5.73 Å². The number of benzene rings is 2. The molecule has 2 aromatic rings. The first-order valence-corrected chi connectivity index (χ1v) is 6.38. The molecule has 0 radical (unpaired) electrons. The van der Waals surface area contributed by atoms with Crippen LogP contribution in [0.3, 0.4) is 0 Å². The Morgan fingerprint density at radius 3 is 2.58 bits per heavy atom. The van der Waals surface area contributed by atoms with Crippen LogP contribution in [0, 0.1) is 18.6 Å². The van der Waals surface area contributed by atoms with E-state index in [1.807, 2.05) is 0 Å². The molecule has 0 aliphatic heterocycles. The molecule has 19 heavy (non-hydrogen) atoms. The fourth-order valence-electron chi connectivity index (χ4n) is 1.87. The molecule has 5 heteroatoms. The molecule has 0 fully saturated rings. The van der Waals surface area contributed by atoms with Crippen molar-refractivity contribution in [3.05, 3.63) is 63.1 Å². The average Bonchev–Trinajstić information content (AvgIpc) is 2.37. The summed E-state index contributed by atoms with van der Waals surface area (Å²) >= 11 is 3.23. The second kappa shape index (κ2) is 5.27. The number of aryl methyl sites for hydroxylation is 1. The van der Waals surface area contributed by atoms with E-state index in [0.717, 1.165) is 6.07 Å². The van der Waals surface area contributed by atoms with E-state index in [1.54, 1.807) is 18.2 Å². The molecule has 0 saturated carbocycles. The van der Waals surface area contributed by atoms with Gasteiger partial charge in [-0.2, -0.15) is 0 Å². The number of nitrogen functional groups attached to an aromatic ring is 1. The number of hydrogen-bond acceptors (Lipinski definition) is 2. The van der Waals surface area contributed by atoms with Gasteiger partial charge in [-0.3, -0.25) is 0 Å². The Morgan fingerprint density at radius 1 is 1.21 bits per heavy atom. The fraction of sp³-hybridized carbons (Fsp3) is 0.143. The van der Waals surface area contributed by atoms with E-state index in [2.05, 4.69) is 15.9 Å². The van der Waals surface area contributed by atoms with Crippen molar-refractivity contribution in [3.8, 4) is 0 Å². The maximum Gasteiger partial charge on any atom is 0.135 e. The minimum atomic E-state index is -1.45. The van der Waals surface area contributed by atoms with Crippen molar-refractivity contribution in [3.63, 3.8) is 0 Å². The van der Waals surface area contributed by atoms with Gasteiger partial charge in [0.2, 0.25) is 0 Å². The second-order valence-electron chi connectivity index (χ2n) is 4.27. The molecular formula is C14H12BrF2NO. The van der Waals surface area contributed by atoms with Crippen LogP contribution in [0.15, 0.2) is 34.8 Å². The quantitative estimate of drug-likeness (QED) is 0.826. The third kappa shape index (κ3) is 2.62. The van der Waals surface area contributed by atoms with Gasteiger partial charge in [-0.15, -0.1) is 0 Å². The number of aliphatic hydroxyl groups is 1. The summed E-state index contributed by atoms with van der Waals surface area (Å²) in [6, 6.07) is 7.25. The van der Waals surface area contributed by atoms with E-state index in [0.29, 0.717) is 4.47 Å². The molecule has 2 rings (SSSR count). The zero-order valence-electron chi connectivity index (χ0n) is 10.1. The highest BCUT2D eigenvalue weighted by Crippen LogP contribution is 2.32. The first kappa shape index (κ1) is 14.0. The van der Waals surface area contributed by atoms with Crippen molar-refractivity contribution in [2.75, 3.05) is 5.73 Å². The van der Waals surface area contributed by atoms with Gasteiger partial charge in [-0.05, 0) is 36.8 Å². The van der Waals surface area contributed by atoms with E-state index < -0.39 is 17.7 Å². The topological polar surface area (TPSA) is 46.2 Å². The molecule has 100 valence electrons. The van der Waals surface area contributed by atoms with Gasteiger partial charge >= 0.3 is 0 Å². The van der Waals surface area contributed by atoms with Crippen molar-refractivity contribution >= 4 is 21.6 Å². The Labute approximate surface area is 118 Å². The lowest BCUT2D eigenvalue weighted by molar-refractivity contribution is 0.209. The smallest absolute Gasteiger partial charge is 0.135 e. The molecule has 0 bridgehead atoms. The molecule has 3 N–H and O–H groups in total. The highest BCUT2D eigenvalue weighted by atomic mass is 79.9. The SMILES string of the molecule is Cc1ccc(F)c(C(O)c2cc(Br)ccc2N)c1F. The van der Waals surface area contributed by atoms with Crippen LogP contribution in [0.1, 0.15) is 22.8 Å². The third-order valence-electron chi connectivity index (χ3n) is 2.94. The Morgan fingerprint density at radius 2 is 1.89 bits per heavy atom. The van der Waals surface area contributed by atoms with Crippen molar-refractivity contribution in [1.82, 2.24) is 0 Å². The average molecular weight is 328 g/mol. The molecule has 1 unspecified atom stereocenters. The van der Waals surface area contributed by atoms with Gasteiger partial charge in [-0.25, -0.2) is 8.78 Å². The van der Waals surface area contributed by atoms with Gasteiger partial charge in [0.25, 0.3) is 0 Å². The Kier molecular flexibility index (Phi) is 3.87. The fourth-order valence-corrected chi connectivity index (χ4v) is 2.25. The number of halogens is 3. The van der Waals surface area contributed by atoms with Gasteiger partial charge in [-0.1, -0.05) is 22.0 Å². The number of anilines is 1. The third-order valence-corrected chi connectivity index (χ3v) is 3.43. The van der Waals surface area contributed by atoms with Crippen LogP contribution in [-0.2, 0) is 0 Å². The summed E-state index contributed by atoms with van der Waals surface area (Å²) in [4.78, 5) is 0. The van der Waals surface area contributed by atoms with Crippen LogP contribution in [0.25, 0.3) is 0 Å². The molecule has 0 aliphatic carbocycles. The number of nitrogens with two attached hydrogens (primary N) is 1. The second-order valence-corrected chi connectivity index (χ2v) is 5.18. The highest BCUT2D eigenvalue weighted by Gasteiger charge is 2.22. The number of rotatable bonds is 2. The van der Waals surface area contributed by atoms with Crippen LogP contribution in [-0.4, -0.2) is 5.11 Å². The molecule has 1 atom stereocenters. The van der Waals surface area contributed by atoms with E-state index in [-0.39, 0.29) is 22.4 Å². The predicted molar refractivity (Wildman–Crippen MR) is 73.7 cm³/mol. The van der Waals surface area contributed by atoms with Gasteiger partial charge < -0.3 is 10.8 Å². The maximum absolute atomic E-state index is 14.0. The zero-order valence-corrected chi connectivity index (χ0v) is 11.7. The van der Waals surface area contributed by atoms with Crippen molar-refractivity contribution < 1.29 is 13.9 Å². The molecule has 0 heterocycles. The maximum atomic E-state index is 14.0. The monoisotopic (exact) mass is 327 g/mol. The summed E-state index contributed by atoms with van der Waals surface area (Å²) in [5.41, 5.74) is 6.16. The molecule has 2 aromatic carbocycles. The van der Waals surface area contributed by atoms with Crippen molar-refractivity contribution in [2.24, 2.45) is 0 Å². The molecule has 0 saturated heterocycles. The standard InChI is InChI=1S/C14H12BrF2NO/c1-7-2-4-10(16)12(13(7)17)14(19)9-6-8(15)3-5-11(9)18/h2-6,14,19H,18H2,1H3. The van der Waals surface area contributed by atoms with Gasteiger partial charge in [0, 0.05) is 15.7 Å². The van der Waals surface area contributed by atoms with Crippen LogP contribution in [0.4, 0.5) is 14.5 Å². The van der Waals surface area contributed by atoms with Crippen molar-refractivity contribution in [2.45, 2.75) is 13.0 Å². The summed E-state index contributed by atoms with van der Waals surface area (Å²) in [7, 11) is 0. The molecule has 0 amide bonds. The number of hydrogen-bond donors (Lipinski definition) is 2. The van der Waals surface area contributed by atoms with Gasteiger partial charge in [0.05, 0.1) is 5.56 Å². The van der Waals surface area contributed by atoms with E-state index >= 15 is 0 Å². The first-order chi connectivity index (χ1) is 8.91. The summed E-state index contributed by atoms with van der Waals surface area (Å²) in [6.07, 6.45) is -1.45. The number of aliphatic hydroxyl groups excluding tert-OH is 1. The summed E-state index contributed by atoms with van der Waals surface area (Å²) in [6.45, 7) is 1.51. The minimum Gasteiger partial charge on any atom is -0.398 e. The molecule has 0 aliphatic rings. The Balaban J connectivity index is 2.59. The molecule has 2 nitrogen and oxygen atoms in total. The normalized spacial score (nSPS) is 12.5. The molecule has 0 spiro atoms. The van der Waals surface area contributed by atoms with E-state index in [1.165, 1.54) is 13.0 Å². The first-order valence-electron chi connectivity index (χ1n) is 5.59. The summed E-state index contributed by atoms with van der Waals surface area (Å²) < 4.78 is 28.4. The Hall–Kier alpha value is -1.46. The van der Waals surface area contributed by atoms with Crippen LogP contribution in [0.5, 0.6) is 0 Å². The predicted octanol–water partition coefficient (Wildman–Crippen LogP) is 3.70. The van der Waals surface area contributed by atoms with Crippen LogP contribution in [0.2, 0.25) is 0 Å². The molecule has 0 aromatic heterocycles. The summed E-state index contributed by atoms with van der Waals surface area (Å²) in [5.74, 6) is -1.55. The van der Waals surface area contributed by atoms with Crippen molar-refractivity contribution in [1.29, 1.82) is 0 Å².